The van der Waals surface area contributed by atoms with Crippen molar-refractivity contribution in [3.8, 4) is 0 Å². The lowest BCUT2D eigenvalue weighted by Gasteiger charge is -2.21. The lowest BCUT2D eigenvalue weighted by atomic mass is 9.97. The quantitative estimate of drug-likeness (QED) is 0.797. The van der Waals surface area contributed by atoms with E-state index in [1.165, 1.54) is 18.2 Å². The zero-order valence-electron chi connectivity index (χ0n) is 11.5. The van der Waals surface area contributed by atoms with E-state index >= 15 is 0 Å². The topological polar surface area (TPSA) is 12.0 Å². The van der Waals surface area contributed by atoms with E-state index in [4.69, 9.17) is 0 Å². The molecule has 5 heteroatoms. The zero-order chi connectivity index (χ0) is 15.4. The van der Waals surface area contributed by atoms with E-state index < -0.39 is 23.5 Å². The average Bonchev–Trinajstić information content (AvgIpc) is 2.44. The summed E-state index contributed by atoms with van der Waals surface area (Å²) in [6.45, 7) is 2.55. The second-order valence-corrected chi connectivity index (χ2v) is 5.63. The van der Waals surface area contributed by atoms with Crippen LogP contribution < -0.4 is 5.32 Å². The van der Waals surface area contributed by atoms with Crippen molar-refractivity contribution in [3.05, 3.63) is 69.4 Å². The minimum atomic E-state index is -0.692. The Morgan fingerprint density at radius 3 is 2.43 bits per heavy atom. The Balaban J connectivity index is 2.49. The van der Waals surface area contributed by atoms with Gasteiger partial charge in [-0.15, -0.1) is 0 Å². The number of rotatable bonds is 5. The van der Waals surface area contributed by atoms with Gasteiger partial charge in [0.1, 0.15) is 17.5 Å². The van der Waals surface area contributed by atoms with Crippen molar-refractivity contribution in [2.45, 2.75) is 19.4 Å². The normalized spacial score (nSPS) is 12.4. The highest BCUT2D eigenvalue weighted by molar-refractivity contribution is 9.10. The maximum atomic E-state index is 14.1. The molecule has 21 heavy (non-hydrogen) atoms. The van der Waals surface area contributed by atoms with Gasteiger partial charge in [0.05, 0.1) is 6.04 Å². The summed E-state index contributed by atoms with van der Waals surface area (Å²) in [4.78, 5) is 0. The molecule has 1 N–H and O–H groups in total. The van der Waals surface area contributed by atoms with Gasteiger partial charge in [-0.05, 0) is 37.2 Å². The number of benzene rings is 2. The predicted molar refractivity (Wildman–Crippen MR) is 80.6 cm³/mol. The first-order valence-corrected chi connectivity index (χ1v) is 7.45. The Morgan fingerprint density at radius 1 is 1.00 bits per heavy atom. The number of nitrogens with one attached hydrogen (secondary N) is 1. The van der Waals surface area contributed by atoms with Crippen molar-refractivity contribution in [1.29, 1.82) is 0 Å². The van der Waals surface area contributed by atoms with E-state index in [9.17, 15) is 13.2 Å². The fourth-order valence-electron chi connectivity index (χ4n) is 2.15. The summed E-state index contributed by atoms with van der Waals surface area (Å²) in [7, 11) is 0. The summed E-state index contributed by atoms with van der Waals surface area (Å²) in [5.74, 6) is -1.78. The highest BCUT2D eigenvalue weighted by Gasteiger charge is 2.21. The third-order valence-electron chi connectivity index (χ3n) is 3.14. The van der Waals surface area contributed by atoms with Crippen molar-refractivity contribution >= 4 is 15.9 Å². The van der Waals surface area contributed by atoms with Gasteiger partial charge in [0, 0.05) is 21.7 Å². The van der Waals surface area contributed by atoms with Crippen LogP contribution in [0.5, 0.6) is 0 Å². The predicted octanol–water partition coefficient (Wildman–Crippen LogP) is 4.96. The van der Waals surface area contributed by atoms with E-state index in [-0.39, 0.29) is 5.56 Å². The molecule has 0 bridgehead atoms. The van der Waals surface area contributed by atoms with E-state index in [1.54, 1.807) is 12.1 Å². The van der Waals surface area contributed by atoms with Gasteiger partial charge in [-0.25, -0.2) is 13.2 Å². The smallest absolute Gasteiger partial charge is 0.131 e. The van der Waals surface area contributed by atoms with Crippen LogP contribution in [0.15, 0.2) is 40.9 Å². The summed E-state index contributed by atoms with van der Waals surface area (Å²) in [5.41, 5.74) is 0.546. The largest absolute Gasteiger partial charge is 0.306 e. The summed E-state index contributed by atoms with van der Waals surface area (Å²) in [5, 5.41) is 3.11. The van der Waals surface area contributed by atoms with Crippen molar-refractivity contribution in [2.24, 2.45) is 0 Å². The number of halogens is 4. The van der Waals surface area contributed by atoms with Gasteiger partial charge in [0.25, 0.3) is 0 Å². The fraction of sp³-hybridized carbons (Fsp3) is 0.250. The molecule has 2 aromatic rings. The van der Waals surface area contributed by atoms with Crippen LogP contribution in [0.3, 0.4) is 0 Å². The summed E-state index contributed by atoms with van der Waals surface area (Å²) < 4.78 is 41.9. The maximum Gasteiger partial charge on any atom is 0.131 e. The van der Waals surface area contributed by atoms with Crippen molar-refractivity contribution in [1.82, 2.24) is 5.32 Å². The Kier molecular flexibility index (Phi) is 5.42. The van der Waals surface area contributed by atoms with Crippen molar-refractivity contribution in [2.75, 3.05) is 6.54 Å². The molecule has 0 heterocycles. The molecule has 1 atom stereocenters. The standard InChI is InChI=1S/C16H15BrF3N/c1-2-7-21-16(12-5-4-11(18)9-15(12)20)13-8-10(17)3-6-14(13)19/h3-6,8-9,16,21H,2,7H2,1H3. The van der Waals surface area contributed by atoms with Gasteiger partial charge in [0.15, 0.2) is 0 Å². The lowest BCUT2D eigenvalue weighted by Crippen LogP contribution is -2.25. The van der Waals surface area contributed by atoms with Crippen molar-refractivity contribution < 1.29 is 13.2 Å². The molecule has 0 saturated carbocycles. The first-order valence-electron chi connectivity index (χ1n) is 6.66. The third-order valence-corrected chi connectivity index (χ3v) is 3.63. The lowest BCUT2D eigenvalue weighted by molar-refractivity contribution is 0.513. The Morgan fingerprint density at radius 2 is 1.76 bits per heavy atom. The molecule has 2 rings (SSSR count). The van der Waals surface area contributed by atoms with Gasteiger partial charge >= 0.3 is 0 Å². The van der Waals surface area contributed by atoms with Gasteiger partial charge in [0.2, 0.25) is 0 Å². The molecule has 0 spiro atoms. The van der Waals surface area contributed by atoms with Crippen LogP contribution in [0, 0.1) is 17.5 Å². The average molecular weight is 358 g/mol. The van der Waals surface area contributed by atoms with Crippen LogP contribution >= 0.6 is 15.9 Å². The summed E-state index contributed by atoms with van der Waals surface area (Å²) in [6.07, 6.45) is 0.814. The van der Waals surface area contributed by atoms with E-state index in [0.717, 1.165) is 12.5 Å². The molecule has 1 nitrogen and oxygen atoms in total. The molecular formula is C16H15BrF3N. The summed E-state index contributed by atoms with van der Waals surface area (Å²) in [6, 6.07) is 7.17. The fourth-order valence-corrected chi connectivity index (χ4v) is 2.53. The molecule has 0 aliphatic carbocycles. The first-order chi connectivity index (χ1) is 10.0. The molecule has 0 aromatic heterocycles. The minimum Gasteiger partial charge on any atom is -0.306 e. The first kappa shape index (κ1) is 16.0. The number of hydrogen-bond donors (Lipinski definition) is 1. The Labute approximate surface area is 130 Å². The highest BCUT2D eigenvalue weighted by Crippen LogP contribution is 2.29. The molecule has 0 aliphatic heterocycles. The third kappa shape index (κ3) is 3.86. The van der Waals surface area contributed by atoms with Crippen LogP contribution in [-0.2, 0) is 0 Å². The zero-order valence-corrected chi connectivity index (χ0v) is 13.1. The van der Waals surface area contributed by atoms with E-state index in [0.29, 0.717) is 16.6 Å². The number of hydrogen-bond acceptors (Lipinski definition) is 1. The van der Waals surface area contributed by atoms with Crippen molar-refractivity contribution in [3.63, 3.8) is 0 Å². The Bertz CT molecular complexity index is 631. The van der Waals surface area contributed by atoms with Crippen LogP contribution in [0.2, 0.25) is 0 Å². The highest BCUT2D eigenvalue weighted by atomic mass is 79.9. The summed E-state index contributed by atoms with van der Waals surface area (Å²) >= 11 is 3.29. The maximum absolute atomic E-state index is 14.1. The van der Waals surface area contributed by atoms with Gasteiger partial charge < -0.3 is 5.32 Å². The van der Waals surface area contributed by atoms with E-state index in [2.05, 4.69) is 21.2 Å². The van der Waals surface area contributed by atoms with Crippen LogP contribution in [0.25, 0.3) is 0 Å². The molecule has 0 amide bonds. The van der Waals surface area contributed by atoms with Crippen LogP contribution in [-0.4, -0.2) is 6.54 Å². The molecule has 0 saturated heterocycles. The molecule has 112 valence electrons. The molecule has 2 aromatic carbocycles. The van der Waals surface area contributed by atoms with Gasteiger partial charge in [-0.1, -0.05) is 28.9 Å². The molecule has 0 aliphatic rings. The molecule has 0 fully saturated rings. The molecule has 1 unspecified atom stereocenters. The van der Waals surface area contributed by atoms with Gasteiger partial charge in [-0.3, -0.25) is 0 Å². The Hall–Kier alpha value is -1.33. The minimum absolute atomic E-state index is 0.224. The van der Waals surface area contributed by atoms with Crippen LogP contribution in [0.4, 0.5) is 13.2 Å². The second-order valence-electron chi connectivity index (χ2n) is 4.72. The van der Waals surface area contributed by atoms with E-state index in [1.807, 2.05) is 6.92 Å². The molecular weight excluding hydrogens is 343 g/mol. The SMILES string of the molecule is CCCNC(c1ccc(F)cc1F)c1cc(Br)ccc1F. The molecule has 0 radical (unpaired) electrons. The van der Waals surface area contributed by atoms with Gasteiger partial charge in [-0.2, -0.15) is 0 Å². The second kappa shape index (κ2) is 7.09. The monoisotopic (exact) mass is 357 g/mol. The van der Waals surface area contributed by atoms with Crippen LogP contribution in [0.1, 0.15) is 30.5 Å².